The van der Waals surface area contributed by atoms with Gasteiger partial charge in [-0.15, -0.1) is 0 Å². The first kappa shape index (κ1) is 30.4. The zero-order valence-electron chi connectivity index (χ0n) is 21.5. The summed E-state index contributed by atoms with van der Waals surface area (Å²) in [5, 5.41) is 8.76. The molecule has 0 rings (SSSR count). The van der Waals surface area contributed by atoms with Crippen molar-refractivity contribution in [3.63, 3.8) is 0 Å². The fourth-order valence-electron chi connectivity index (χ4n) is 2.91. The van der Waals surface area contributed by atoms with Gasteiger partial charge in [0.15, 0.2) is 25.0 Å². The highest BCUT2D eigenvalue weighted by molar-refractivity contribution is 6.90. The molecule has 0 saturated heterocycles. The second kappa shape index (κ2) is 11.0. The molecular weight excluding hydrogens is 465 g/mol. The van der Waals surface area contributed by atoms with Gasteiger partial charge in [0.1, 0.15) is 6.10 Å². The molecule has 0 bridgehead atoms. The Morgan fingerprint density at radius 2 is 1.19 bits per heavy atom. The van der Waals surface area contributed by atoms with Crippen molar-refractivity contribution in [1.82, 2.24) is 0 Å². The Balaban J connectivity index is 5.93. The van der Waals surface area contributed by atoms with E-state index in [1.807, 2.05) is 20.8 Å². The molecule has 0 aliphatic rings. The zero-order chi connectivity index (χ0) is 24.9. The van der Waals surface area contributed by atoms with Gasteiger partial charge in [0.2, 0.25) is 0 Å². The highest BCUT2D eigenvalue weighted by Crippen LogP contribution is 2.34. The van der Waals surface area contributed by atoms with Crippen LogP contribution >= 0.6 is 0 Å². The molecule has 0 fully saturated rings. The van der Waals surface area contributed by atoms with E-state index in [-0.39, 0.29) is 5.41 Å². The normalized spacial score (nSPS) is 15.2. The summed E-state index contributed by atoms with van der Waals surface area (Å²) in [5.41, 5.74) is -0.343. The third-order valence-corrected chi connectivity index (χ3v) is 15.7. The number of hydrogen-bond donors (Lipinski definition) is 1. The van der Waals surface area contributed by atoms with Crippen molar-refractivity contribution in [2.45, 2.75) is 98.3 Å². The summed E-state index contributed by atoms with van der Waals surface area (Å²) in [5.74, 6) is -1.86. The van der Waals surface area contributed by atoms with Crippen molar-refractivity contribution in [3.8, 4) is 0 Å². The van der Waals surface area contributed by atoms with E-state index in [1.54, 1.807) is 0 Å². The highest BCUT2D eigenvalue weighted by atomic mass is 28.5. The minimum Gasteiger partial charge on any atom is -0.478 e. The predicted molar refractivity (Wildman–Crippen MR) is 135 cm³/mol. The second-order valence-electron chi connectivity index (χ2n) is 11.8. The molecule has 11 heteroatoms. The van der Waals surface area contributed by atoms with Crippen molar-refractivity contribution in [2.75, 3.05) is 0 Å². The van der Waals surface area contributed by atoms with Crippen molar-refractivity contribution in [1.29, 1.82) is 0 Å². The Bertz CT molecular complexity index is 597. The third-order valence-electron chi connectivity index (χ3n) is 3.68. The number of carbonyl (C=O) groups excluding carboxylic acids is 1. The topological polar surface area (TPSA) is 91.3 Å². The van der Waals surface area contributed by atoms with Crippen LogP contribution in [0.25, 0.3) is 0 Å². The Hall–Kier alpha value is -0.572. The molecule has 1 N–H and O–H groups in total. The number of esters is 1. The van der Waals surface area contributed by atoms with Gasteiger partial charge < -0.3 is 22.2 Å². The van der Waals surface area contributed by atoms with Crippen LogP contribution < -0.4 is 0 Å². The van der Waals surface area contributed by atoms with Gasteiger partial charge >= 0.3 is 20.7 Å². The Morgan fingerprint density at radius 3 is 1.48 bits per heavy atom. The van der Waals surface area contributed by atoms with Gasteiger partial charge in [-0.3, -0.25) is 0 Å². The SMILES string of the molecule is CC(C)(C)C(CC[Si](O[Si](C)(C)C)(O[Si](C)(C)C)O[Si](C)(C)C)OC(=O)C=CC(=O)O. The van der Waals surface area contributed by atoms with E-state index >= 15 is 0 Å². The van der Waals surface area contributed by atoms with Crippen LogP contribution in [0.15, 0.2) is 12.2 Å². The molecule has 0 aromatic carbocycles. The van der Waals surface area contributed by atoms with Crippen LogP contribution in [-0.2, 0) is 26.7 Å². The van der Waals surface area contributed by atoms with Crippen LogP contribution in [0.2, 0.25) is 65.0 Å². The molecule has 1 atom stereocenters. The molecule has 0 amide bonds. The Labute approximate surface area is 193 Å². The summed E-state index contributed by atoms with van der Waals surface area (Å²) in [6, 6.07) is 0.545. The minimum absolute atomic E-state index is 0.343. The number of rotatable bonds is 12. The maximum absolute atomic E-state index is 12.2. The van der Waals surface area contributed by atoms with E-state index in [0.717, 1.165) is 12.2 Å². The van der Waals surface area contributed by atoms with Gasteiger partial charge in [-0.25, -0.2) is 9.59 Å². The molecule has 31 heavy (non-hydrogen) atoms. The quantitative estimate of drug-likeness (QED) is 0.212. The first-order valence-electron chi connectivity index (χ1n) is 10.8. The van der Waals surface area contributed by atoms with E-state index in [1.165, 1.54) is 0 Å². The lowest BCUT2D eigenvalue weighted by atomic mass is 9.87. The summed E-state index contributed by atoms with van der Waals surface area (Å²) >= 11 is 0. The van der Waals surface area contributed by atoms with Crippen LogP contribution in [0.5, 0.6) is 0 Å². The molecule has 0 spiro atoms. The minimum atomic E-state index is -3.05. The number of carboxylic acids is 1. The number of carboxylic acid groups (broad SMARTS) is 1. The maximum atomic E-state index is 12.2. The second-order valence-corrected chi connectivity index (χ2v) is 28.8. The summed E-state index contributed by atoms with van der Waals surface area (Å²) in [6.07, 6.45) is 1.81. The van der Waals surface area contributed by atoms with Crippen LogP contribution in [-0.4, -0.2) is 56.9 Å². The van der Waals surface area contributed by atoms with E-state index in [2.05, 4.69) is 58.9 Å². The smallest absolute Gasteiger partial charge is 0.469 e. The standard InChI is InChI=1S/C20H44O7Si4/c1-20(2,3)17(24-19(23)14-13-18(21)22)15-16-31(25-28(4,5)6,26-29(7,8)9)27-30(10,11)12/h13-14,17H,15-16H2,1-12H3,(H,21,22). The average molecular weight is 509 g/mol. The van der Waals surface area contributed by atoms with Crippen LogP contribution in [0.4, 0.5) is 0 Å². The molecule has 0 aliphatic heterocycles. The van der Waals surface area contributed by atoms with E-state index < -0.39 is 51.8 Å². The molecular formula is C20H44O7Si4. The lowest BCUT2D eigenvalue weighted by Crippen LogP contribution is -2.60. The van der Waals surface area contributed by atoms with Crippen molar-refractivity contribution in [2.24, 2.45) is 5.41 Å². The van der Waals surface area contributed by atoms with Gasteiger partial charge in [-0.2, -0.15) is 0 Å². The van der Waals surface area contributed by atoms with Crippen LogP contribution in [0.1, 0.15) is 27.2 Å². The van der Waals surface area contributed by atoms with Gasteiger partial charge in [-0.05, 0) is 70.8 Å². The van der Waals surface area contributed by atoms with E-state index in [4.69, 9.17) is 22.2 Å². The summed E-state index contributed by atoms with van der Waals surface area (Å²) in [7, 11) is -9.04. The van der Waals surface area contributed by atoms with Gasteiger partial charge in [0.25, 0.3) is 0 Å². The lowest BCUT2D eigenvalue weighted by molar-refractivity contribution is -0.149. The number of aliphatic carboxylic acids is 1. The molecule has 0 heterocycles. The lowest BCUT2D eigenvalue weighted by Gasteiger charge is -2.43. The molecule has 1 unspecified atom stereocenters. The largest absolute Gasteiger partial charge is 0.478 e. The van der Waals surface area contributed by atoms with Gasteiger partial charge in [0.05, 0.1) is 0 Å². The zero-order valence-corrected chi connectivity index (χ0v) is 25.5. The van der Waals surface area contributed by atoms with Gasteiger partial charge in [-0.1, -0.05) is 20.8 Å². The Kier molecular flexibility index (Phi) is 10.8. The average Bonchev–Trinajstić information content (AvgIpc) is 2.42. The molecule has 0 aliphatic carbocycles. The highest BCUT2D eigenvalue weighted by Gasteiger charge is 2.50. The fourth-order valence-corrected chi connectivity index (χ4v) is 17.6. The summed E-state index contributed by atoms with van der Waals surface area (Å²) in [4.78, 5) is 22.9. The molecule has 7 nitrogen and oxygen atoms in total. The van der Waals surface area contributed by atoms with Gasteiger partial charge in [0, 0.05) is 18.2 Å². The van der Waals surface area contributed by atoms with Crippen molar-refractivity contribution in [3.05, 3.63) is 12.2 Å². The summed E-state index contributed by atoms with van der Waals surface area (Å²) in [6.45, 7) is 25.2. The predicted octanol–water partition coefficient (Wildman–Crippen LogP) is 5.47. The van der Waals surface area contributed by atoms with Crippen LogP contribution in [0, 0.1) is 5.41 Å². The third kappa shape index (κ3) is 15.0. The number of ether oxygens (including phenoxy) is 1. The number of carbonyl (C=O) groups is 2. The first-order valence-corrected chi connectivity index (χ1v) is 22.9. The van der Waals surface area contributed by atoms with E-state index in [9.17, 15) is 9.59 Å². The van der Waals surface area contributed by atoms with Crippen molar-refractivity contribution < 1.29 is 31.8 Å². The molecule has 0 aromatic rings. The Morgan fingerprint density at radius 1 is 0.806 bits per heavy atom. The summed E-state index contributed by atoms with van der Waals surface area (Å²) < 4.78 is 25.7. The van der Waals surface area contributed by atoms with E-state index in [0.29, 0.717) is 12.5 Å². The molecule has 0 aromatic heterocycles. The molecule has 182 valence electrons. The molecule has 0 radical (unpaired) electrons. The first-order chi connectivity index (χ1) is 13.5. The molecule has 0 saturated carbocycles. The monoisotopic (exact) mass is 508 g/mol. The number of hydrogen-bond acceptors (Lipinski definition) is 6. The fraction of sp³-hybridized carbons (Fsp3) is 0.800. The van der Waals surface area contributed by atoms with Crippen molar-refractivity contribution >= 4 is 45.7 Å². The maximum Gasteiger partial charge on any atom is 0.469 e. The van der Waals surface area contributed by atoms with Crippen LogP contribution in [0.3, 0.4) is 0 Å².